The Balaban J connectivity index is 2.67. The minimum absolute atomic E-state index is 0.436. The van der Waals surface area contributed by atoms with Crippen molar-refractivity contribution in [2.75, 3.05) is 6.54 Å². The highest BCUT2D eigenvalue weighted by atomic mass is 14.9. The van der Waals surface area contributed by atoms with Crippen LogP contribution >= 0.6 is 0 Å². The van der Waals surface area contributed by atoms with Crippen LogP contribution < -0.4 is 5.32 Å². The summed E-state index contributed by atoms with van der Waals surface area (Å²) >= 11 is 0. The summed E-state index contributed by atoms with van der Waals surface area (Å²) in [7, 11) is 0. The Morgan fingerprint density at radius 1 is 1.33 bits per heavy atom. The molecule has 1 nitrogen and oxygen atoms in total. The average Bonchev–Trinajstić information content (AvgIpc) is 2.27. The van der Waals surface area contributed by atoms with Crippen LogP contribution in [-0.2, 0) is 0 Å². The van der Waals surface area contributed by atoms with Crippen molar-refractivity contribution in [1.29, 1.82) is 0 Å². The Morgan fingerprint density at radius 3 is 2.56 bits per heavy atom. The van der Waals surface area contributed by atoms with E-state index in [4.69, 9.17) is 0 Å². The molecular weight excluding hydrogens is 218 g/mol. The molecule has 1 saturated carbocycles. The SMILES string of the molecule is C=C(C)CCC(C)(C)C1CCC(C)CC1NCC. The van der Waals surface area contributed by atoms with Crippen LogP contribution in [-0.4, -0.2) is 12.6 Å². The lowest BCUT2D eigenvalue weighted by molar-refractivity contribution is 0.0878. The van der Waals surface area contributed by atoms with Gasteiger partial charge in [-0.3, -0.25) is 0 Å². The first-order valence-electron chi connectivity index (χ1n) is 7.74. The summed E-state index contributed by atoms with van der Waals surface area (Å²) in [6, 6.07) is 0.721. The molecule has 1 rings (SSSR count). The summed E-state index contributed by atoms with van der Waals surface area (Å²) in [6.07, 6.45) is 6.61. The normalized spacial score (nSPS) is 29.3. The van der Waals surface area contributed by atoms with Gasteiger partial charge in [0.15, 0.2) is 0 Å². The molecule has 1 aliphatic rings. The molecule has 0 aromatic rings. The molecule has 0 aromatic heterocycles. The molecule has 0 heterocycles. The predicted octanol–water partition coefficient (Wildman–Crippen LogP) is 4.78. The lowest BCUT2D eigenvalue weighted by Crippen LogP contribution is -2.46. The highest BCUT2D eigenvalue weighted by Crippen LogP contribution is 2.43. The van der Waals surface area contributed by atoms with Gasteiger partial charge in [-0.1, -0.05) is 39.7 Å². The van der Waals surface area contributed by atoms with E-state index in [1.165, 1.54) is 37.7 Å². The number of nitrogens with one attached hydrogen (secondary N) is 1. The zero-order valence-corrected chi connectivity index (χ0v) is 13.2. The van der Waals surface area contributed by atoms with Gasteiger partial charge in [0.1, 0.15) is 0 Å². The van der Waals surface area contributed by atoms with E-state index in [1.807, 2.05) is 0 Å². The number of hydrogen-bond donors (Lipinski definition) is 1. The van der Waals surface area contributed by atoms with Crippen LogP contribution in [0.1, 0.15) is 66.7 Å². The van der Waals surface area contributed by atoms with Gasteiger partial charge in [0.25, 0.3) is 0 Å². The van der Waals surface area contributed by atoms with Crippen molar-refractivity contribution in [3.8, 4) is 0 Å². The number of allylic oxidation sites excluding steroid dienone is 1. The lowest BCUT2D eigenvalue weighted by atomic mass is 9.64. The quantitative estimate of drug-likeness (QED) is 0.670. The van der Waals surface area contributed by atoms with E-state index < -0.39 is 0 Å². The smallest absolute Gasteiger partial charge is 0.0103 e. The van der Waals surface area contributed by atoms with Gasteiger partial charge in [-0.15, -0.1) is 6.58 Å². The third-order valence-electron chi connectivity index (χ3n) is 4.78. The first-order chi connectivity index (χ1) is 8.36. The fourth-order valence-corrected chi connectivity index (χ4v) is 3.52. The number of rotatable bonds is 6. The Hall–Kier alpha value is -0.300. The van der Waals surface area contributed by atoms with Gasteiger partial charge in [0, 0.05) is 6.04 Å². The fraction of sp³-hybridized carbons (Fsp3) is 0.882. The van der Waals surface area contributed by atoms with Gasteiger partial charge in [0.05, 0.1) is 0 Å². The van der Waals surface area contributed by atoms with Gasteiger partial charge >= 0.3 is 0 Å². The average molecular weight is 251 g/mol. The third-order valence-corrected chi connectivity index (χ3v) is 4.78. The molecular formula is C17H33N. The zero-order chi connectivity index (χ0) is 13.8. The molecule has 18 heavy (non-hydrogen) atoms. The molecule has 1 aliphatic carbocycles. The lowest BCUT2D eigenvalue weighted by Gasteiger charge is -2.45. The Morgan fingerprint density at radius 2 is 2.00 bits per heavy atom. The van der Waals surface area contributed by atoms with Gasteiger partial charge in [-0.25, -0.2) is 0 Å². The first-order valence-corrected chi connectivity index (χ1v) is 7.74. The second-order valence-electron chi connectivity index (χ2n) is 7.13. The molecule has 1 N–H and O–H groups in total. The monoisotopic (exact) mass is 251 g/mol. The molecule has 3 atom stereocenters. The molecule has 0 aliphatic heterocycles. The molecule has 0 bridgehead atoms. The molecule has 1 fully saturated rings. The molecule has 0 saturated heterocycles. The predicted molar refractivity (Wildman–Crippen MR) is 81.8 cm³/mol. The molecule has 3 unspecified atom stereocenters. The molecule has 0 aromatic carbocycles. The fourth-order valence-electron chi connectivity index (χ4n) is 3.52. The van der Waals surface area contributed by atoms with Gasteiger partial charge < -0.3 is 5.32 Å². The minimum atomic E-state index is 0.436. The van der Waals surface area contributed by atoms with Crippen LogP contribution in [0.25, 0.3) is 0 Å². The van der Waals surface area contributed by atoms with Crippen LogP contribution in [0, 0.1) is 17.3 Å². The maximum absolute atomic E-state index is 4.06. The van der Waals surface area contributed by atoms with Crippen molar-refractivity contribution < 1.29 is 0 Å². The molecule has 0 spiro atoms. The van der Waals surface area contributed by atoms with Crippen molar-refractivity contribution in [2.45, 2.75) is 72.8 Å². The zero-order valence-electron chi connectivity index (χ0n) is 13.2. The van der Waals surface area contributed by atoms with Crippen LogP contribution in [0.4, 0.5) is 0 Å². The van der Waals surface area contributed by atoms with E-state index in [1.54, 1.807) is 0 Å². The highest BCUT2D eigenvalue weighted by Gasteiger charge is 2.38. The Bertz CT molecular complexity index is 267. The highest BCUT2D eigenvalue weighted by molar-refractivity contribution is 4.95. The second kappa shape index (κ2) is 6.75. The molecule has 0 radical (unpaired) electrons. The Labute approximate surface area is 114 Å². The van der Waals surface area contributed by atoms with E-state index in [0.717, 1.165) is 24.4 Å². The third kappa shape index (κ3) is 4.42. The van der Waals surface area contributed by atoms with Gasteiger partial charge in [-0.2, -0.15) is 0 Å². The van der Waals surface area contributed by atoms with E-state index in [9.17, 15) is 0 Å². The topological polar surface area (TPSA) is 12.0 Å². The summed E-state index contributed by atoms with van der Waals surface area (Å²) in [5.74, 6) is 1.72. The van der Waals surface area contributed by atoms with Crippen molar-refractivity contribution in [3.63, 3.8) is 0 Å². The maximum atomic E-state index is 4.06. The Kier molecular flexibility index (Phi) is 5.91. The molecule has 0 amide bonds. The maximum Gasteiger partial charge on any atom is 0.0103 e. The van der Waals surface area contributed by atoms with E-state index >= 15 is 0 Å². The van der Waals surface area contributed by atoms with Crippen LogP contribution in [0.3, 0.4) is 0 Å². The summed E-state index contributed by atoms with van der Waals surface area (Å²) in [6.45, 7) is 16.9. The number of hydrogen-bond acceptors (Lipinski definition) is 1. The minimum Gasteiger partial charge on any atom is -0.314 e. The standard InChI is InChI=1S/C17H33N/c1-7-18-16-12-14(4)8-9-15(16)17(5,6)11-10-13(2)3/h14-16,18H,2,7-12H2,1,3-6H3. The summed E-state index contributed by atoms with van der Waals surface area (Å²) in [5, 5.41) is 3.74. The van der Waals surface area contributed by atoms with E-state index in [-0.39, 0.29) is 0 Å². The van der Waals surface area contributed by atoms with Crippen LogP contribution in [0.5, 0.6) is 0 Å². The summed E-state index contributed by atoms with van der Waals surface area (Å²) in [4.78, 5) is 0. The molecule has 1 heteroatoms. The second-order valence-corrected chi connectivity index (χ2v) is 7.13. The van der Waals surface area contributed by atoms with Crippen LogP contribution in [0.15, 0.2) is 12.2 Å². The van der Waals surface area contributed by atoms with Gasteiger partial charge in [0.2, 0.25) is 0 Å². The largest absolute Gasteiger partial charge is 0.314 e. The first kappa shape index (κ1) is 15.8. The van der Waals surface area contributed by atoms with Crippen LogP contribution in [0.2, 0.25) is 0 Å². The van der Waals surface area contributed by atoms with Crippen molar-refractivity contribution in [1.82, 2.24) is 5.32 Å². The van der Waals surface area contributed by atoms with Crippen molar-refractivity contribution >= 4 is 0 Å². The van der Waals surface area contributed by atoms with E-state index in [2.05, 4.69) is 46.5 Å². The summed E-state index contributed by atoms with van der Waals surface area (Å²) in [5.41, 5.74) is 1.76. The summed E-state index contributed by atoms with van der Waals surface area (Å²) < 4.78 is 0. The van der Waals surface area contributed by atoms with Gasteiger partial charge in [-0.05, 0) is 56.4 Å². The molecule has 106 valence electrons. The van der Waals surface area contributed by atoms with E-state index in [0.29, 0.717) is 5.41 Å². The van der Waals surface area contributed by atoms with Crippen molar-refractivity contribution in [3.05, 3.63) is 12.2 Å². The van der Waals surface area contributed by atoms with Crippen molar-refractivity contribution in [2.24, 2.45) is 17.3 Å².